The minimum Gasteiger partial charge on any atom is -0.505 e. The zero-order chi connectivity index (χ0) is 31.4. The Labute approximate surface area is 247 Å². The molecule has 2 aromatic carbocycles. The zero-order valence-electron chi connectivity index (χ0n) is 25.0. The minimum absolute atomic E-state index is 0.0708. The third-order valence-corrected chi connectivity index (χ3v) is 7.50. The molecule has 2 aromatic rings. The molecule has 0 saturated carbocycles. The van der Waals surface area contributed by atoms with Gasteiger partial charge in [-0.25, -0.2) is 4.79 Å². The van der Waals surface area contributed by atoms with Crippen LogP contribution in [0.1, 0.15) is 69.7 Å². The van der Waals surface area contributed by atoms with E-state index in [0.29, 0.717) is 18.4 Å². The van der Waals surface area contributed by atoms with Crippen molar-refractivity contribution in [3.05, 3.63) is 106 Å². The van der Waals surface area contributed by atoms with E-state index in [9.17, 15) is 34.8 Å². The molecule has 0 amide bonds. The third-order valence-electron chi connectivity index (χ3n) is 7.50. The van der Waals surface area contributed by atoms with Crippen LogP contribution < -0.4 is 0 Å². The second-order valence-corrected chi connectivity index (χ2v) is 10.5. The predicted octanol–water partition coefficient (Wildman–Crippen LogP) is 5.15. The molecule has 8 heteroatoms. The summed E-state index contributed by atoms with van der Waals surface area (Å²) in [4.78, 5) is 36.4. The first-order valence-corrected chi connectivity index (χ1v) is 14.0. The van der Waals surface area contributed by atoms with Gasteiger partial charge in [-0.15, -0.1) is 0 Å². The van der Waals surface area contributed by atoms with Crippen molar-refractivity contribution >= 4 is 17.5 Å². The summed E-state index contributed by atoms with van der Waals surface area (Å²) in [7, 11) is 0. The van der Waals surface area contributed by atoms with Gasteiger partial charge in [0.05, 0.1) is 5.41 Å². The Balaban J connectivity index is 2.26. The highest BCUT2D eigenvalue weighted by Gasteiger charge is 2.31. The Morgan fingerprint density at radius 1 is 0.738 bits per heavy atom. The predicted molar refractivity (Wildman–Crippen MR) is 161 cm³/mol. The molecule has 0 aliphatic heterocycles. The van der Waals surface area contributed by atoms with E-state index >= 15 is 0 Å². The summed E-state index contributed by atoms with van der Waals surface area (Å²) in [6, 6.07) is 15.3. The van der Waals surface area contributed by atoms with Gasteiger partial charge in [-0.3, -0.25) is 9.59 Å². The number of ether oxygens (including phenoxy) is 1. The lowest BCUT2D eigenvalue weighted by Crippen LogP contribution is -2.31. The van der Waals surface area contributed by atoms with Gasteiger partial charge < -0.3 is 25.2 Å². The fraction of sp³-hybridized carbons (Fsp3) is 0.382. The summed E-state index contributed by atoms with van der Waals surface area (Å²) in [5, 5.41) is 39.3. The van der Waals surface area contributed by atoms with Crippen LogP contribution in [0, 0.1) is 0 Å². The first-order chi connectivity index (χ1) is 19.9. The van der Waals surface area contributed by atoms with Crippen molar-refractivity contribution in [2.45, 2.75) is 77.9 Å². The van der Waals surface area contributed by atoms with Crippen molar-refractivity contribution in [3.63, 3.8) is 0 Å². The molecule has 226 valence electrons. The lowest BCUT2D eigenvalue weighted by Gasteiger charge is -2.31. The minimum atomic E-state index is -1.30. The van der Waals surface area contributed by atoms with Crippen molar-refractivity contribution < 1.29 is 39.5 Å². The van der Waals surface area contributed by atoms with Crippen molar-refractivity contribution in [1.29, 1.82) is 0 Å². The first kappa shape index (κ1) is 34.2. The highest BCUT2D eigenvalue weighted by molar-refractivity contribution is 5.96. The number of benzene rings is 2. The van der Waals surface area contributed by atoms with Crippen molar-refractivity contribution in [1.82, 2.24) is 0 Å². The van der Waals surface area contributed by atoms with Gasteiger partial charge in [-0.1, -0.05) is 54.6 Å². The molecular weight excluding hydrogens is 536 g/mol. The van der Waals surface area contributed by atoms with Crippen molar-refractivity contribution in [2.24, 2.45) is 0 Å². The number of carbonyl (C=O) groups excluding carboxylic acids is 3. The summed E-state index contributed by atoms with van der Waals surface area (Å²) < 4.78 is 5.70. The second kappa shape index (κ2) is 15.8. The number of allylic oxidation sites excluding steroid dienone is 3. The highest BCUT2D eigenvalue weighted by atomic mass is 16.5. The zero-order valence-corrected chi connectivity index (χ0v) is 25.0. The highest BCUT2D eigenvalue weighted by Crippen LogP contribution is 2.33. The smallest absolute Gasteiger partial charge is 0.333 e. The van der Waals surface area contributed by atoms with E-state index in [1.165, 1.54) is 26.0 Å². The maximum atomic E-state index is 12.5. The summed E-state index contributed by atoms with van der Waals surface area (Å²) in [5.74, 6) is -2.75. The Morgan fingerprint density at radius 2 is 1.12 bits per heavy atom. The average molecular weight is 579 g/mol. The number of aliphatic hydroxyl groups is 4. The number of Topliss-reactive ketones (excluding diaryl/α,β-unsaturated/α-hetero) is 2. The Kier molecular flexibility index (Phi) is 12.9. The number of rotatable bonds is 15. The monoisotopic (exact) mass is 578 g/mol. The van der Waals surface area contributed by atoms with Gasteiger partial charge >= 0.3 is 5.97 Å². The van der Waals surface area contributed by atoms with E-state index in [1.807, 2.05) is 55.5 Å². The molecule has 0 bridgehead atoms. The molecule has 0 spiro atoms. The molecule has 2 unspecified atom stereocenters. The van der Waals surface area contributed by atoms with Crippen LogP contribution in [0.2, 0.25) is 0 Å². The average Bonchev–Trinajstić information content (AvgIpc) is 3.03. The van der Waals surface area contributed by atoms with E-state index in [0.717, 1.165) is 22.3 Å². The van der Waals surface area contributed by atoms with Crippen LogP contribution >= 0.6 is 0 Å². The summed E-state index contributed by atoms with van der Waals surface area (Å²) in [6.45, 7) is 8.54. The van der Waals surface area contributed by atoms with Crippen LogP contribution in [0.25, 0.3) is 0 Å². The molecule has 8 nitrogen and oxygen atoms in total. The van der Waals surface area contributed by atoms with Crippen molar-refractivity contribution in [3.8, 4) is 0 Å². The SMILES string of the molecule is CC=C(C)C(=O)OCC(C)(c1ccc(CCC(O)C(=O)C(O)=CC)cc1)c1ccc(CCC(O)C(=O)C(O)=CC)cc1. The molecule has 0 aromatic heterocycles. The molecule has 0 aliphatic carbocycles. The third kappa shape index (κ3) is 8.99. The molecule has 4 N–H and O–H groups in total. The maximum Gasteiger partial charge on any atom is 0.333 e. The molecule has 0 heterocycles. The number of aryl methyl sites for hydroxylation is 2. The van der Waals surface area contributed by atoms with Crippen LogP contribution in [-0.2, 0) is 37.4 Å². The largest absolute Gasteiger partial charge is 0.505 e. The van der Waals surface area contributed by atoms with Gasteiger partial charge in [0.1, 0.15) is 18.8 Å². The van der Waals surface area contributed by atoms with E-state index in [2.05, 4.69) is 0 Å². The molecule has 0 aliphatic rings. The normalized spacial score (nSPS) is 15.5. The van der Waals surface area contributed by atoms with E-state index in [4.69, 9.17) is 4.74 Å². The van der Waals surface area contributed by atoms with Crippen LogP contribution in [0.15, 0.2) is 83.9 Å². The topological polar surface area (TPSA) is 141 Å². The molecule has 0 radical (unpaired) electrons. The van der Waals surface area contributed by atoms with E-state index in [-0.39, 0.29) is 19.4 Å². The Morgan fingerprint density at radius 3 is 1.45 bits per heavy atom. The summed E-state index contributed by atoms with van der Waals surface area (Å²) >= 11 is 0. The maximum absolute atomic E-state index is 12.5. The second-order valence-electron chi connectivity index (χ2n) is 10.5. The summed E-state index contributed by atoms with van der Waals surface area (Å²) in [6.07, 6.45) is 2.75. The molecule has 42 heavy (non-hydrogen) atoms. The lowest BCUT2D eigenvalue weighted by molar-refractivity contribution is -0.140. The van der Waals surface area contributed by atoms with Gasteiger partial charge in [0.25, 0.3) is 0 Å². The van der Waals surface area contributed by atoms with Crippen LogP contribution in [-0.4, -0.2) is 56.8 Å². The lowest BCUT2D eigenvalue weighted by atomic mass is 9.76. The standard InChI is InChI=1S/C34H42O8/c1-6-22(4)33(41)42-21-34(5,25-15-9-23(10-16-25)13-19-29(37)31(39)27(35)7-2)26-17-11-24(12-18-26)14-20-30(38)32(40)28(36)8-3/h6-12,15-18,29-30,35-38H,13-14,19-21H2,1-5H3. The fourth-order valence-corrected chi connectivity index (χ4v) is 4.35. The Bertz CT molecular complexity index is 1230. The first-order valence-electron chi connectivity index (χ1n) is 14.0. The van der Waals surface area contributed by atoms with E-state index < -0.39 is 46.7 Å². The van der Waals surface area contributed by atoms with Crippen LogP contribution in [0.4, 0.5) is 0 Å². The molecule has 0 saturated heterocycles. The van der Waals surface area contributed by atoms with Crippen LogP contribution in [0.5, 0.6) is 0 Å². The van der Waals surface area contributed by atoms with E-state index in [1.54, 1.807) is 19.9 Å². The molecule has 2 rings (SSSR count). The number of ketones is 2. The molecular formula is C34H42O8. The molecule has 0 fully saturated rings. The number of esters is 1. The number of hydrogen-bond donors (Lipinski definition) is 4. The van der Waals surface area contributed by atoms with Crippen LogP contribution in [0.3, 0.4) is 0 Å². The fourth-order valence-electron chi connectivity index (χ4n) is 4.35. The van der Waals surface area contributed by atoms with Gasteiger partial charge in [-0.2, -0.15) is 0 Å². The number of hydrogen-bond acceptors (Lipinski definition) is 8. The van der Waals surface area contributed by atoms with Gasteiger partial charge in [0.2, 0.25) is 11.6 Å². The number of aliphatic hydroxyl groups excluding tert-OH is 4. The van der Waals surface area contributed by atoms with Gasteiger partial charge in [-0.05, 0) is 94.7 Å². The molecule has 2 atom stereocenters. The summed E-state index contributed by atoms with van der Waals surface area (Å²) in [5.41, 5.74) is 3.33. The Hall–Kier alpha value is -4.01. The number of carbonyl (C=O) groups is 3. The van der Waals surface area contributed by atoms with Crippen molar-refractivity contribution in [2.75, 3.05) is 6.61 Å². The quantitative estimate of drug-likeness (QED) is 0.129. The van der Waals surface area contributed by atoms with Gasteiger partial charge in [0.15, 0.2) is 11.5 Å². The van der Waals surface area contributed by atoms with Gasteiger partial charge in [0, 0.05) is 5.57 Å².